The second-order valence-electron chi connectivity index (χ2n) is 5.04. The van der Waals surface area contributed by atoms with E-state index in [-0.39, 0.29) is 18.2 Å². The minimum absolute atomic E-state index is 0.109. The molecular formula is C16H13F6N. The summed E-state index contributed by atoms with van der Waals surface area (Å²) in [6.07, 6.45) is -9.74. The van der Waals surface area contributed by atoms with Crippen LogP contribution in [0.15, 0.2) is 48.5 Å². The van der Waals surface area contributed by atoms with Gasteiger partial charge in [-0.3, -0.25) is 0 Å². The number of hydrogen-bond acceptors (Lipinski definition) is 1. The van der Waals surface area contributed by atoms with E-state index in [1.165, 1.54) is 0 Å². The summed E-state index contributed by atoms with van der Waals surface area (Å²) in [4.78, 5) is 0. The number of alkyl halides is 6. The molecule has 2 rings (SSSR count). The molecule has 2 aromatic carbocycles. The van der Waals surface area contributed by atoms with Crippen molar-refractivity contribution in [2.45, 2.75) is 18.3 Å². The minimum atomic E-state index is -4.87. The van der Waals surface area contributed by atoms with Crippen LogP contribution in [0.1, 0.15) is 28.2 Å². The maximum absolute atomic E-state index is 12.9. The number of benzene rings is 2. The smallest absolute Gasteiger partial charge is 0.330 e. The van der Waals surface area contributed by atoms with Crippen molar-refractivity contribution < 1.29 is 26.3 Å². The molecule has 0 heterocycles. The lowest BCUT2D eigenvalue weighted by atomic mass is 9.89. The van der Waals surface area contributed by atoms with Crippen molar-refractivity contribution in [1.29, 1.82) is 0 Å². The maximum Gasteiger partial charge on any atom is 0.416 e. The Hall–Kier alpha value is -2.02. The first kappa shape index (κ1) is 17.3. The van der Waals surface area contributed by atoms with Crippen LogP contribution < -0.4 is 5.73 Å². The molecule has 2 N–H and O–H groups in total. The van der Waals surface area contributed by atoms with Gasteiger partial charge in [0.05, 0.1) is 11.1 Å². The molecule has 0 saturated carbocycles. The zero-order valence-corrected chi connectivity index (χ0v) is 11.7. The first-order valence-corrected chi connectivity index (χ1v) is 6.67. The van der Waals surface area contributed by atoms with E-state index in [4.69, 9.17) is 5.73 Å². The fourth-order valence-electron chi connectivity index (χ4n) is 2.33. The summed E-state index contributed by atoms with van der Waals surface area (Å²) in [7, 11) is 0. The SMILES string of the molecule is NC[C@@H](c1ccccc1)c1cc(C(F)(F)F)cc(C(F)(F)F)c1. The number of halogens is 6. The van der Waals surface area contributed by atoms with Crippen LogP contribution in [0.2, 0.25) is 0 Å². The zero-order valence-electron chi connectivity index (χ0n) is 11.7. The van der Waals surface area contributed by atoms with Crippen molar-refractivity contribution in [3.05, 3.63) is 70.8 Å². The molecule has 124 valence electrons. The van der Waals surface area contributed by atoms with Gasteiger partial charge in [0, 0.05) is 12.5 Å². The van der Waals surface area contributed by atoms with Gasteiger partial charge in [0.25, 0.3) is 0 Å². The molecule has 0 amide bonds. The molecule has 0 aliphatic heterocycles. The Morgan fingerprint density at radius 2 is 1.22 bits per heavy atom. The molecule has 1 atom stereocenters. The average molecular weight is 333 g/mol. The first-order chi connectivity index (χ1) is 10.6. The molecule has 23 heavy (non-hydrogen) atoms. The number of hydrogen-bond donors (Lipinski definition) is 1. The van der Waals surface area contributed by atoms with Gasteiger partial charge in [-0.15, -0.1) is 0 Å². The molecule has 0 fully saturated rings. The van der Waals surface area contributed by atoms with Crippen LogP contribution >= 0.6 is 0 Å². The summed E-state index contributed by atoms with van der Waals surface area (Å²) in [6, 6.07) is 9.79. The second-order valence-corrected chi connectivity index (χ2v) is 5.04. The Kier molecular flexibility index (Phi) is 4.70. The molecule has 0 aliphatic rings. The lowest BCUT2D eigenvalue weighted by molar-refractivity contribution is -0.143. The van der Waals surface area contributed by atoms with E-state index in [2.05, 4.69) is 0 Å². The highest BCUT2D eigenvalue weighted by atomic mass is 19.4. The van der Waals surface area contributed by atoms with Crippen molar-refractivity contribution >= 4 is 0 Å². The van der Waals surface area contributed by atoms with Gasteiger partial charge in [0.1, 0.15) is 0 Å². The largest absolute Gasteiger partial charge is 0.416 e. The summed E-state index contributed by atoms with van der Waals surface area (Å²) in [6.45, 7) is -0.109. The molecule has 2 aromatic rings. The normalized spacial score (nSPS) is 13.9. The van der Waals surface area contributed by atoms with Gasteiger partial charge in [-0.25, -0.2) is 0 Å². The Bertz CT molecular complexity index is 628. The van der Waals surface area contributed by atoms with E-state index < -0.39 is 29.4 Å². The number of nitrogens with two attached hydrogens (primary N) is 1. The maximum atomic E-state index is 12.9. The molecule has 0 aliphatic carbocycles. The fraction of sp³-hybridized carbons (Fsp3) is 0.250. The average Bonchev–Trinajstić information content (AvgIpc) is 2.47. The van der Waals surface area contributed by atoms with E-state index in [1.54, 1.807) is 30.3 Å². The minimum Gasteiger partial charge on any atom is -0.330 e. The molecule has 7 heteroatoms. The van der Waals surface area contributed by atoms with E-state index in [0.717, 1.165) is 12.1 Å². The first-order valence-electron chi connectivity index (χ1n) is 6.67. The van der Waals surface area contributed by atoms with Gasteiger partial charge in [-0.05, 0) is 29.3 Å². The van der Waals surface area contributed by atoms with Crippen molar-refractivity contribution in [3.63, 3.8) is 0 Å². The monoisotopic (exact) mass is 333 g/mol. The molecule has 0 spiro atoms. The van der Waals surface area contributed by atoms with Crippen molar-refractivity contribution in [2.75, 3.05) is 6.54 Å². The van der Waals surface area contributed by atoms with Crippen LogP contribution in [0.3, 0.4) is 0 Å². The van der Waals surface area contributed by atoms with Crippen LogP contribution in [0.4, 0.5) is 26.3 Å². The highest BCUT2D eigenvalue weighted by Gasteiger charge is 2.37. The highest BCUT2D eigenvalue weighted by molar-refractivity contribution is 5.40. The Balaban J connectivity index is 2.61. The highest BCUT2D eigenvalue weighted by Crippen LogP contribution is 2.38. The zero-order chi connectivity index (χ0) is 17.3. The van der Waals surface area contributed by atoms with E-state index >= 15 is 0 Å². The molecule has 0 radical (unpaired) electrons. The predicted molar refractivity (Wildman–Crippen MR) is 73.8 cm³/mol. The van der Waals surface area contributed by atoms with E-state index in [1.807, 2.05) is 0 Å². The van der Waals surface area contributed by atoms with Gasteiger partial charge < -0.3 is 5.73 Å². The standard InChI is InChI=1S/C16H13F6N/c17-15(18,19)12-6-11(7-13(8-12)16(20,21)22)14(9-23)10-4-2-1-3-5-10/h1-8,14H,9,23H2/t14-/m0/s1. The quantitative estimate of drug-likeness (QED) is 0.801. The second kappa shape index (κ2) is 6.23. The molecule has 1 nitrogen and oxygen atoms in total. The van der Waals surface area contributed by atoms with Crippen LogP contribution in [0.5, 0.6) is 0 Å². The van der Waals surface area contributed by atoms with Gasteiger partial charge in [-0.1, -0.05) is 30.3 Å². The van der Waals surface area contributed by atoms with Gasteiger partial charge in [-0.2, -0.15) is 26.3 Å². The third kappa shape index (κ3) is 4.04. The van der Waals surface area contributed by atoms with Crippen LogP contribution in [0.25, 0.3) is 0 Å². The fourth-order valence-corrected chi connectivity index (χ4v) is 2.33. The molecule has 0 unspecified atom stereocenters. The Morgan fingerprint density at radius 3 is 1.61 bits per heavy atom. The third-order valence-corrected chi connectivity index (χ3v) is 3.45. The lowest BCUT2D eigenvalue weighted by Gasteiger charge is -2.20. The molecular weight excluding hydrogens is 320 g/mol. The van der Waals surface area contributed by atoms with Crippen LogP contribution in [0, 0.1) is 0 Å². The van der Waals surface area contributed by atoms with Crippen LogP contribution in [-0.4, -0.2) is 6.54 Å². The van der Waals surface area contributed by atoms with Gasteiger partial charge in [0.15, 0.2) is 0 Å². The topological polar surface area (TPSA) is 26.0 Å². The Labute approximate surface area is 128 Å². The molecule has 0 saturated heterocycles. The third-order valence-electron chi connectivity index (χ3n) is 3.45. The summed E-state index contributed by atoms with van der Waals surface area (Å²) in [5.41, 5.74) is 3.37. The van der Waals surface area contributed by atoms with Crippen LogP contribution in [-0.2, 0) is 12.4 Å². The van der Waals surface area contributed by atoms with Crippen molar-refractivity contribution in [1.82, 2.24) is 0 Å². The molecule has 0 bridgehead atoms. The summed E-state index contributed by atoms with van der Waals surface area (Å²) < 4.78 is 77.4. The van der Waals surface area contributed by atoms with E-state index in [0.29, 0.717) is 5.56 Å². The number of rotatable bonds is 3. The summed E-state index contributed by atoms with van der Waals surface area (Å²) in [5, 5.41) is 0. The summed E-state index contributed by atoms with van der Waals surface area (Å²) >= 11 is 0. The summed E-state index contributed by atoms with van der Waals surface area (Å²) in [5.74, 6) is -0.750. The van der Waals surface area contributed by atoms with Crippen molar-refractivity contribution in [2.24, 2.45) is 5.73 Å². The predicted octanol–water partition coefficient (Wildman–Crippen LogP) is 4.81. The van der Waals surface area contributed by atoms with E-state index in [9.17, 15) is 26.3 Å². The Morgan fingerprint density at radius 1 is 0.739 bits per heavy atom. The lowest BCUT2D eigenvalue weighted by Crippen LogP contribution is -2.17. The van der Waals surface area contributed by atoms with Gasteiger partial charge in [0.2, 0.25) is 0 Å². The molecule has 0 aromatic heterocycles. The van der Waals surface area contributed by atoms with Gasteiger partial charge >= 0.3 is 12.4 Å². The van der Waals surface area contributed by atoms with Crippen molar-refractivity contribution in [3.8, 4) is 0 Å².